The summed E-state index contributed by atoms with van der Waals surface area (Å²) < 4.78 is 28.5. The minimum absolute atomic E-state index is 0.0105. The van der Waals surface area contributed by atoms with E-state index >= 15 is 0 Å². The predicted molar refractivity (Wildman–Crippen MR) is 92.7 cm³/mol. The van der Waals surface area contributed by atoms with E-state index < -0.39 is 10.0 Å². The lowest BCUT2D eigenvalue weighted by Crippen LogP contribution is -2.16. The van der Waals surface area contributed by atoms with Gasteiger partial charge >= 0.3 is 0 Å². The molecule has 128 valence electrons. The lowest BCUT2D eigenvalue weighted by Gasteiger charge is -2.10. The number of nitrogens with one attached hydrogen (secondary N) is 1. The van der Waals surface area contributed by atoms with Crippen LogP contribution >= 0.6 is 0 Å². The van der Waals surface area contributed by atoms with Crippen LogP contribution in [-0.4, -0.2) is 20.9 Å². The zero-order valence-electron chi connectivity index (χ0n) is 13.6. The fourth-order valence-electron chi connectivity index (χ4n) is 2.11. The second kappa shape index (κ2) is 7.46. The zero-order chi connectivity index (χ0) is 17.7. The van der Waals surface area contributed by atoms with E-state index in [-0.39, 0.29) is 10.8 Å². The van der Waals surface area contributed by atoms with Crippen LogP contribution < -0.4 is 15.2 Å². The molecule has 0 fully saturated rings. The van der Waals surface area contributed by atoms with E-state index in [0.29, 0.717) is 29.2 Å². The van der Waals surface area contributed by atoms with Crippen LogP contribution in [0.1, 0.15) is 29.3 Å². The molecule has 7 heteroatoms. The molecule has 6 nitrogen and oxygen atoms in total. The number of rotatable bonds is 6. The van der Waals surface area contributed by atoms with Crippen molar-refractivity contribution in [2.24, 2.45) is 5.14 Å². The molecule has 0 unspecified atom stereocenters. The van der Waals surface area contributed by atoms with Gasteiger partial charge in [-0.25, -0.2) is 13.6 Å². The highest BCUT2D eigenvalue weighted by Crippen LogP contribution is 2.20. The maximum Gasteiger partial charge on any atom is 0.255 e. The topological polar surface area (TPSA) is 98.5 Å². The molecule has 0 heterocycles. The molecule has 0 saturated heterocycles. The molecular formula is C17H20N2O4S. The first kappa shape index (κ1) is 18.0. The first-order chi connectivity index (χ1) is 11.3. The summed E-state index contributed by atoms with van der Waals surface area (Å²) in [5.41, 5.74) is 1.32. The molecule has 0 aliphatic carbocycles. The van der Waals surface area contributed by atoms with E-state index in [1.165, 1.54) is 6.07 Å². The van der Waals surface area contributed by atoms with Gasteiger partial charge < -0.3 is 10.1 Å². The van der Waals surface area contributed by atoms with Crippen molar-refractivity contribution in [3.8, 4) is 5.75 Å². The minimum Gasteiger partial charge on any atom is -0.494 e. The lowest BCUT2D eigenvalue weighted by atomic mass is 10.2. The van der Waals surface area contributed by atoms with Crippen LogP contribution in [-0.2, 0) is 10.0 Å². The Hall–Kier alpha value is -2.38. The van der Waals surface area contributed by atoms with Gasteiger partial charge in [0.15, 0.2) is 0 Å². The lowest BCUT2D eigenvalue weighted by molar-refractivity contribution is 0.102. The first-order valence-corrected chi connectivity index (χ1v) is 9.03. The predicted octanol–water partition coefficient (Wildman–Crippen LogP) is 2.68. The molecule has 0 radical (unpaired) electrons. The number of sulfonamides is 1. The van der Waals surface area contributed by atoms with E-state index in [1.807, 2.05) is 6.92 Å². The third-order valence-corrected chi connectivity index (χ3v) is 4.39. The number of hydrogen-bond acceptors (Lipinski definition) is 4. The maximum atomic E-state index is 12.3. The fraction of sp³-hybridized carbons (Fsp3) is 0.235. The monoisotopic (exact) mass is 348 g/mol. The molecule has 0 aliphatic rings. The van der Waals surface area contributed by atoms with Crippen molar-refractivity contribution in [2.45, 2.75) is 25.2 Å². The number of benzene rings is 2. The average Bonchev–Trinajstić information content (AvgIpc) is 2.54. The summed E-state index contributed by atoms with van der Waals surface area (Å²) in [5, 5.41) is 7.83. The molecular weight excluding hydrogens is 328 g/mol. The SMILES string of the molecule is CCCOc1ccc(C(=O)Nc2ccc(C)c(S(N)(=O)=O)c2)cc1. The number of nitrogens with two attached hydrogens (primary N) is 1. The summed E-state index contributed by atoms with van der Waals surface area (Å²) in [6.07, 6.45) is 0.905. The van der Waals surface area contributed by atoms with E-state index in [2.05, 4.69) is 5.32 Å². The van der Waals surface area contributed by atoms with Gasteiger partial charge in [0.2, 0.25) is 10.0 Å². The van der Waals surface area contributed by atoms with Gasteiger partial charge in [-0.05, 0) is 55.3 Å². The van der Waals surface area contributed by atoms with Crippen molar-refractivity contribution in [1.29, 1.82) is 0 Å². The molecule has 0 aliphatic heterocycles. The highest BCUT2D eigenvalue weighted by Gasteiger charge is 2.13. The Morgan fingerprint density at radius 3 is 2.42 bits per heavy atom. The Balaban J connectivity index is 2.15. The third-order valence-electron chi connectivity index (χ3n) is 3.34. The highest BCUT2D eigenvalue weighted by atomic mass is 32.2. The molecule has 1 amide bonds. The van der Waals surface area contributed by atoms with Crippen molar-refractivity contribution in [3.05, 3.63) is 53.6 Å². The zero-order valence-corrected chi connectivity index (χ0v) is 14.4. The van der Waals surface area contributed by atoms with E-state index in [1.54, 1.807) is 43.3 Å². The van der Waals surface area contributed by atoms with Crippen molar-refractivity contribution in [3.63, 3.8) is 0 Å². The van der Waals surface area contributed by atoms with Crippen LogP contribution in [0, 0.1) is 6.92 Å². The van der Waals surface area contributed by atoms with Gasteiger partial charge in [-0.15, -0.1) is 0 Å². The average molecular weight is 348 g/mol. The summed E-state index contributed by atoms with van der Waals surface area (Å²) in [6, 6.07) is 11.3. The standard InChI is InChI=1S/C17H20N2O4S/c1-3-10-23-15-8-5-13(6-9-15)17(20)19-14-7-4-12(2)16(11-14)24(18,21)22/h4-9,11H,3,10H2,1-2H3,(H,19,20)(H2,18,21,22). The number of anilines is 1. The maximum absolute atomic E-state index is 12.3. The molecule has 0 aromatic heterocycles. The van der Waals surface area contributed by atoms with Crippen LogP contribution in [0.3, 0.4) is 0 Å². The normalized spacial score (nSPS) is 11.1. The Bertz CT molecular complexity index is 830. The molecule has 3 N–H and O–H groups in total. The van der Waals surface area contributed by atoms with Crippen molar-refractivity contribution in [2.75, 3.05) is 11.9 Å². The number of aryl methyl sites for hydroxylation is 1. The second-order valence-corrected chi connectivity index (χ2v) is 6.88. The molecule has 0 bridgehead atoms. The number of amides is 1. The Kier molecular flexibility index (Phi) is 5.58. The van der Waals surface area contributed by atoms with Crippen molar-refractivity contribution < 1.29 is 17.9 Å². The van der Waals surface area contributed by atoms with Crippen LogP contribution in [0.4, 0.5) is 5.69 Å². The van der Waals surface area contributed by atoms with Crippen LogP contribution in [0.25, 0.3) is 0 Å². The summed E-state index contributed by atoms with van der Waals surface area (Å²) in [7, 11) is -3.84. The quantitative estimate of drug-likeness (QED) is 0.838. The summed E-state index contributed by atoms with van der Waals surface area (Å²) in [5.74, 6) is 0.349. The molecule has 0 atom stereocenters. The van der Waals surface area contributed by atoms with Crippen LogP contribution in [0.2, 0.25) is 0 Å². The smallest absolute Gasteiger partial charge is 0.255 e. The molecule has 0 saturated carbocycles. The molecule has 2 aromatic rings. The summed E-state index contributed by atoms with van der Waals surface area (Å²) in [4.78, 5) is 12.2. The number of carbonyl (C=O) groups is 1. The Morgan fingerprint density at radius 1 is 1.17 bits per heavy atom. The number of hydrogen-bond donors (Lipinski definition) is 2. The van der Waals surface area contributed by atoms with Gasteiger partial charge in [0, 0.05) is 11.3 Å². The Labute approximate surface area is 141 Å². The largest absolute Gasteiger partial charge is 0.494 e. The molecule has 24 heavy (non-hydrogen) atoms. The molecule has 0 spiro atoms. The minimum atomic E-state index is -3.84. The highest BCUT2D eigenvalue weighted by molar-refractivity contribution is 7.89. The van der Waals surface area contributed by atoms with Gasteiger partial charge in [-0.2, -0.15) is 0 Å². The van der Waals surface area contributed by atoms with Gasteiger partial charge in [-0.1, -0.05) is 13.0 Å². The van der Waals surface area contributed by atoms with Gasteiger partial charge in [0.1, 0.15) is 5.75 Å². The van der Waals surface area contributed by atoms with E-state index in [4.69, 9.17) is 9.88 Å². The van der Waals surface area contributed by atoms with Crippen LogP contribution in [0.5, 0.6) is 5.75 Å². The number of carbonyl (C=O) groups excluding carboxylic acids is 1. The van der Waals surface area contributed by atoms with Crippen molar-refractivity contribution in [1.82, 2.24) is 0 Å². The van der Waals surface area contributed by atoms with Crippen LogP contribution in [0.15, 0.2) is 47.4 Å². The van der Waals surface area contributed by atoms with Gasteiger partial charge in [-0.3, -0.25) is 4.79 Å². The number of primary sulfonamides is 1. The fourth-order valence-corrected chi connectivity index (χ4v) is 2.92. The molecule has 2 rings (SSSR count). The second-order valence-electron chi connectivity index (χ2n) is 5.35. The molecule has 2 aromatic carbocycles. The van der Waals surface area contributed by atoms with E-state index in [0.717, 1.165) is 6.42 Å². The van der Waals surface area contributed by atoms with E-state index in [9.17, 15) is 13.2 Å². The van der Waals surface area contributed by atoms with Crippen molar-refractivity contribution >= 4 is 21.6 Å². The summed E-state index contributed by atoms with van der Waals surface area (Å²) >= 11 is 0. The van der Waals surface area contributed by atoms with Gasteiger partial charge in [0.05, 0.1) is 11.5 Å². The summed E-state index contributed by atoms with van der Waals surface area (Å²) in [6.45, 7) is 4.27. The van der Waals surface area contributed by atoms with Gasteiger partial charge in [0.25, 0.3) is 5.91 Å². The Morgan fingerprint density at radius 2 is 1.83 bits per heavy atom. The third kappa shape index (κ3) is 4.56. The first-order valence-electron chi connectivity index (χ1n) is 7.49. The number of ether oxygens (including phenoxy) is 1.